The van der Waals surface area contributed by atoms with E-state index in [9.17, 15) is 4.79 Å². The molecule has 0 N–H and O–H groups in total. The fourth-order valence-electron chi connectivity index (χ4n) is 2.76. The van der Waals surface area contributed by atoms with Gasteiger partial charge in [0.15, 0.2) is 0 Å². The predicted octanol–water partition coefficient (Wildman–Crippen LogP) is 4.29. The summed E-state index contributed by atoms with van der Waals surface area (Å²) in [7, 11) is 0. The van der Waals surface area contributed by atoms with E-state index in [1.165, 1.54) is 6.42 Å². The Morgan fingerprint density at radius 1 is 1.25 bits per heavy atom. The van der Waals surface area contributed by atoms with E-state index >= 15 is 0 Å². The zero-order valence-corrected chi connectivity index (χ0v) is 13.4. The van der Waals surface area contributed by atoms with Crippen LogP contribution < -0.4 is 0 Å². The van der Waals surface area contributed by atoms with E-state index in [0.717, 1.165) is 25.9 Å². The number of likely N-dealkylation sites (tertiary alicyclic amines) is 1. The van der Waals surface area contributed by atoms with Crippen LogP contribution in [0.5, 0.6) is 0 Å². The van der Waals surface area contributed by atoms with Crippen molar-refractivity contribution in [3.8, 4) is 0 Å². The lowest BCUT2D eigenvalue weighted by Crippen LogP contribution is -2.32. The highest BCUT2D eigenvalue weighted by molar-refractivity contribution is 6.33. The minimum Gasteiger partial charge on any atom is -0.339 e. The first-order valence-corrected chi connectivity index (χ1v) is 7.85. The van der Waals surface area contributed by atoms with Gasteiger partial charge in [0.05, 0.1) is 0 Å². The first-order valence-electron chi connectivity index (χ1n) is 7.09. The van der Waals surface area contributed by atoms with Gasteiger partial charge in [0, 0.05) is 18.7 Å². The molecule has 2 rings (SSSR count). The first-order chi connectivity index (χ1) is 9.47. The van der Waals surface area contributed by atoms with Gasteiger partial charge in [-0.3, -0.25) is 4.79 Å². The molecule has 1 aliphatic heterocycles. The molecule has 1 fully saturated rings. The van der Waals surface area contributed by atoms with E-state index in [1.54, 1.807) is 12.1 Å². The predicted molar refractivity (Wildman–Crippen MR) is 82.3 cm³/mol. The van der Waals surface area contributed by atoms with Crippen LogP contribution in [0.4, 0.5) is 0 Å². The third-order valence-electron chi connectivity index (χ3n) is 4.01. The minimum atomic E-state index is 0.000561. The van der Waals surface area contributed by atoms with Crippen LogP contribution in [0.2, 0.25) is 10.3 Å². The summed E-state index contributed by atoms with van der Waals surface area (Å²) < 4.78 is 0. The lowest BCUT2D eigenvalue weighted by Gasteiger charge is -2.21. The average molecular weight is 315 g/mol. The monoisotopic (exact) mass is 314 g/mol. The highest BCUT2D eigenvalue weighted by Crippen LogP contribution is 2.25. The van der Waals surface area contributed by atoms with E-state index in [1.807, 2.05) is 4.90 Å². The Balaban J connectivity index is 2.09. The quantitative estimate of drug-likeness (QED) is 0.763. The van der Waals surface area contributed by atoms with E-state index in [2.05, 4.69) is 18.8 Å². The Labute approximate surface area is 130 Å². The highest BCUT2D eigenvalue weighted by Gasteiger charge is 2.23. The largest absolute Gasteiger partial charge is 0.339 e. The fourth-order valence-corrected chi connectivity index (χ4v) is 3.22. The minimum absolute atomic E-state index is 0.000561. The molecule has 0 aromatic carbocycles. The maximum atomic E-state index is 12.5. The number of carbonyl (C=O) groups excluding carboxylic acids is 1. The number of amides is 1. The number of carbonyl (C=O) groups is 1. The van der Waals surface area contributed by atoms with Gasteiger partial charge in [0.25, 0.3) is 5.91 Å². The standard InChI is InChI=1S/C15H20Cl2N2O/c1-10(2)11-4-3-6-19(7-5-11)15(20)12-8-13(16)18-14(17)9-12/h8-11H,3-7H2,1-2H3. The Hall–Kier alpha value is -0.800. The zero-order valence-electron chi connectivity index (χ0n) is 11.9. The maximum absolute atomic E-state index is 12.5. The average Bonchev–Trinajstić information content (AvgIpc) is 2.62. The molecule has 1 aromatic rings. The molecule has 0 radical (unpaired) electrons. The lowest BCUT2D eigenvalue weighted by atomic mass is 9.89. The second-order valence-corrected chi connectivity index (χ2v) is 6.50. The fraction of sp³-hybridized carbons (Fsp3) is 0.600. The van der Waals surface area contributed by atoms with Gasteiger partial charge in [0.2, 0.25) is 0 Å². The van der Waals surface area contributed by atoms with Gasteiger partial charge in [-0.25, -0.2) is 4.98 Å². The van der Waals surface area contributed by atoms with Crippen molar-refractivity contribution in [3.05, 3.63) is 28.0 Å². The molecule has 1 saturated heterocycles. The molecule has 1 unspecified atom stereocenters. The molecule has 20 heavy (non-hydrogen) atoms. The number of hydrogen-bond donors (Lipinski definition) is 0. The second-order valence-electron chi connectivity index (χ2n) is 5.73. The molecule has 5 heteroatoms. The van der Waals surface area contributed by atoms with Crippen LogP contribution in [0.1, 0.15) is 43.5 Å². The first kappa shape index (κ1) is 15.6. The van der Waals surface area contributed by atoms with Gasteiger partial charge in [-0.1, -0.05) is 37.0 Å². The molecule has 1 aliphatic rings. The van der Waals surface area contributed by atoms with Crippen LogP contribution in [0.25, 0.3) is 0 Å². The Morgan fingerprint density at radius 3 is 2.50 bits per heavy atom. The third kappa shape index (κ3) is 3.86. The van der Waals surface area contributed by atoms with Crippen LogP contribution in [0.3, 0.4) is 0 Å². The molecule has 0 bridgehead atoms. The molecule has 1 aromatic heterocycles. The summed E-state index contributed by atoms with van der Waals surface area (Å²) in [5.41, 5.74) is 0.526. The van der Waals surface area contributed by atoms with Gasteiger partial charge in [-0.05, 0) is 43.2 Å². The lowest BCUT2D eigenvalue weighted by molar-refractivity contribution is 0.0758. The van der Waals surface area contributed by atoms with Crippen molar-refractivity contribution in [3.63, 3.8) is 0 Å². The molecular weight excluding hydrogens is 295 g/mol. The zero-order chi connectivity index (χ0) is 14.7. The maximum Gasteiger partial charge on any atom is 0.254 e. The van der Waals surface area contributed by atoms with Crippen LogP contribution in [0, 0.1) is 11.8 Å². The van der Waals surface area contributed by atoms with Crippen molar-refractivity contribution < 1.29 is 4.79 Å². The molecule has 1 atom stereocenters. The number of nitrogens with zero attached hydrogens (tertiary/aromatic N) is 2. The summed E-state index contributed by atoms with van der Waals surface area (Å²) in [5, 5.41) is 0.520. The van der Waals surface area contributed by atoms with Crippen molar-refractivity contribution in [2.45, 2.75) is 33.1 Å². The van der Waals surface area contributed by atoms with Gasteiger partial charge in [-0.15, -0.1) is 0 Å². The number of aromatic nitrogens is 1. The molecule has 0 spiro atoms. The van der Waals surface area contributed by atoms with E-state index in [0.29, 0.717) is 17.4 Å². The Kier molecular flexibility index (Phi) is 5.28. The van der Waals surface area contributed by atoms with Crippen LogP contribution >= 0.6 is 23.2 Å². The SMILES string of the molecule is CC(C)C1CCCN(C(=O)c2cc(Cl)nc(Cl)c2)CC1. The molecule has 110 valence electrons. The summed E-state index contributed by atoms with van der Waals surface area (Å²) >= 11 is 11.7. The van der Waals surface area contributed by atoms with Crippen molar-refractivity contribution in [2.75, 3.05) is 13.1 Å². The van der Waals surface area contributed by atoms with Gasteiger partial charge < -0.3 is 4.90 Å². The van der Waals surface area contributed by atoms with Crippen molar-refractivity contribution in [1.82, 2.24) is 9.88 Å². The van der Waals surface area contributed by atoms with Gasteiger partial charge >= 0.3 is 0 Å². The number of pyridine rings is 1. The summed E-state index contributed by atoms with van der Waals surface area (Å²) in [5.74, 6) is 1.38. The van der Waals surface area contributed by atoms with E-state index < -0.39 is 0 Å². The molecule has 3 nitrogen and oxygen atoms in total. The highest BCUT2D eigenvalue weighted by atomic mass is 35.5. The summed E-state index contributed by atoms with van der Waals surface area (Å²) in [4.78, 5) is 18.3. The van der Waals surface area contributed by atoms with Crippen LogP contribution in [0.15, 0.2) is 12.1 Å². The summed E-state index contributed by atoms with van der Waals surface area (Å²) in [6.07, 6.45) is 3.32. The molecule has 2 heterocycles. The van der Waals surface area contributed by atoms with Crippen LogP contribution in [-0.4, -0.2) is 28.9 Å². The van der Waals surface area contributed by atoms with Crippen LogP contribution in [-0.2, 0) is 0 Å². The van der Waals surface area contributed by atoms with E-state index in [4.69, 9.17) is 23.2 Å². The van der Waals surface area contributed by atoms with Crippen molar-refractivity contribution >= 4 is 29.1 Å². The molecular formula is C15H20Cl2N2O. The summed E-state index contributed by atoms with van der Waals surface area (Å²) in [6.45, 7) is 6.12. The topological polar surface area (TPSA) is 33.2 Å². The molecule has 0 saturated carbocycles. The second kappa shape index (κ2) is 6.77. The molecule has 0 aliphatic carbocycles. The summed E-state index contributed by atoms with van der Waals surface area (Å²) in [6, 6.07) is 3.17. The number of halogens is 2. The third-order valence-corrected chi connectivity index (χ3v) is 4.40. The van der Waals surface area contributed by atoms with Crippen molar-refractivity contribution in [2.24, 2.45) is 11.8 Å². The molecule has 1 amide bonds. The Bertz CT molecular complexity index is 471. The van der Waals surface area contributed by atoms with E-state index in [-0.39, 0.29) is 16.2 Å². The number of rotatable bonds is 2. The van der Waals surface area contributed by atoms with Gasteiger partial charge in [0.1, 0.15) is 10.3 Å². The van der Waals surface area contributed by atoms with Gasteiger partial charge in [-0.2, -0.15) is 0 Å². The smallest absolute Gasteiger partial charge is 0.254 e. The Morgan fingerprint density at radius 2 is 1.90 bits per heavy atom. The van der Waals surface area contributed by atoms with Crippen molar-refractivity contribution in [1.29, 1.82) is 0 Å². The number of hydrogen-bond acceptors (Lipinski definition) is 2. The normalized spacial score (nSPS) is 20.1.